The molecule has 1 aliphatic carbocycles. The molecule has 0 radical (unpaired) electrons. The van der Waals surface area contributed by atoms with Gasteiger partial charge in [-0.2, -0.15) is 0 Å². The first-order valence-electron chi connectivity index (χ1n) is 8.98. The first-order valence-corrected chi connectivity index (χ1v) is 10.5. The third-order valence-corrected chi connectivity index (χ3v) is 6.70. The van der Waals surface area contributed by atoms with Crippen molar-refractivity contribution in [1.29, 1.82) is 0 Å². The summed E-state index contributed by atoms with van der Waals surface area (Å²) in [5.41, 5.74) is 4.29. The number of rotatable bonds is 3. The van der Waals surface area contributed by atoms with Gasteiger partial charge in [-0.1, -0.05) is 19.1 Å². The minimum atomic E-state index is -3.63. The first kappa shape index (κ1) is 17.2. The molecule has 0 saturated heterocycles. The summed E-state index contributed by atoms with van der Waals surface area (Å²) in [6.07, 6.45) is 3.07. The molecule has 0 unspecified atom stereocenters. The van der Waals surface area contributed by atoms with Gasteiger partial charge in [-0.15, -0.1) is 0 Å². The predicted molar refractivity (Wildman–Crippen MR) is 104 cm³/mol. The highest BCUT2D eigenvalue weighted by molar-refractivity contribution is 7.92. The second kappa shape index (κ2) is 6.16. The Balaban J connectivity index is 1.73. The largest absolute Gasteiger partial charge is 0.461 e. The molecule has 26 heavy (non-hydrogen) atoms. The summed E-state index contributed by atoms with van der Waals surface area (Å²) in [4.78, 5) is 0.320. The van der Waals surface area contributed by atoms with Gasteiger partial charge in [-0.25, -0.2) is 8.42 Å². The maximum atomic E-state index is 12.9. The van der Waals surface area contributed by atoms with Crippen LogP contribution in [-0.2, 0) is 22.9 Å². The summed E-state index contributed by atoms with van der Waals surface area (Å²) in [6, 6.07) is 11.0. The summed E-state index contributed by atoms with van der Waals surface area (Å²) >= 11 is 0. The number of furan rings is 1. The van der Waals surface area contributed by atoms with E-state index in [1.165, 1.54) is 5.56 Å². The molecule has 0 fully saturated rings. The van der Waals surface area contributed by atoms with Crippen molar-refractivity contribution in [3.05, 3.63) is 58.8 Å². The standard InChI is InChI=1S/C21H23NO3S/c1-13-5-8-19-17(10-13)18-12-16(7-9-20(18)25-19)22-26(23,24)21-11-14(2)4-6-15(21)3/h4,6-7,9,11-13,22H,5,8,10H2,1-3H3/t13-/m0/s1. The molecule has 0 amide bonds. The molecule has 1 aromatic heterocycles. The smallest absolute Gasteiger partial charge is 0.262 e. The zero-order valence-electron chi connectivity index (χ0n) is 15.3. The van der Waals surface area contributed by atoms with E-state index in [-0.39, 0.29) is 0 Å². The lowest BCUT2D eigenvalue weighted by Gasteiger charge is -2.16. The molecule has 0 spiro atoms. The molecule has 0 aliphatic heterocycles. The Bertz CT molecular complexity index is 1100. The van der Waals surface area contributed by atoms with Crippen LogP contribution in [-0.4, -0.2) is 8.42 Å². The van der Waals surface area contributed by atoms with Gasteiger partial charge in [0.2, 0.25) is 0 Å². The minimum Gasteiger partial charge on any atom is -0.461 e. The number of hydrogen-bond acceptors (Lipinski definition) is 3. The minimum absolute atomic E-state index is 0.320. The molecule has 5 heteroatoms. The molecule has 0 saturated carbocycles. The van der Waals surface area contributed by atoms with Gasteiger partial charge in [-0.3, -0.25) is 4.72 Å². The van der Waals surface area contributed by atoms with Crippen LogP contribution in [0.25, 0.3) is 11.0 Å². The van der Waals surface area contributed by atoms with Gasteiger partial charge in [0.05, 0.1) is 4.90 Å². The lowest BCUT2D eigenvalue weighted by atomic mass is 9.88. The molecule has 3 aromatic rings. The van der Waals surface area contributed by atoms with Crippen molar-refractivity contribution in [3.63, 3.8) is 0 Å². The summed E-state index contributed by atoms with van der Waals surface area (Å²) in [7, 11) is -3.63. The SMILES string of the molecule is Cc1ccc(C)c(S(=O)(=O)Nc2ccc3oc4c(c3c2)C[C@@H](C)CC4)c1. The lowest BCUT2D eigenvalue weighted by molar-refractivity contribution is 0.438. The molecule has 1 heterocycles. The number of sulfonamides is 1. The van der Waals surface area contributed by atoms with Gasteiger partial charge >= 0.3 is 0 Å². The molecule has 1 N–H and O–H groups in total. The Morgan fingerprint density at radius 3 is 2.73 bits per heavy atom. The molecule has 4 nitrogen and oxygen atoms in total. The van der Waals surface area contributed by atoms with E-state index in [4.69, 9.17) is 4.42 Å². The Morgan fingerprint density at radius 2 is 1.92 bits per heavy atom. The fraction of sp³-hybridized carbons (Fsp3) is 0.333. The van der Waals surface area contributed by atoms with Crippen LogP contribution in [0.5, 0.6) is 0 Å². The van der Waals surface area contributed by atoms with E-state index in [1.807, 2.05) is 38.1 Å². The Kier molecular flexibility index (Phi) is 4.07. The average molecular weight is 369 g/mol. The van der Waals surface area contributed by atoms with E-state index in [2.05, 4.69) is 11.6 Å². The number of nitrogens with one attached hydrogen (secondary N) is 1. The Hall–Kier alpha value is -2.27. The number of hydrogen-bond donors (Lipinski definition) is 1. The second-order valence-corrected chi connectivity index (χ2v) is 9.09. The normalized spacial score (nSPS) is 17.3. The van der Waals surface area contributed by atoms with Crippen LogP contribution >= 0.6 is 0 Å². The van der Waals surface area contributed by atoms with E-state index in [9.17, 15) is 8.42 Å². The molecule has 1 atom stereocenters. The second-order valence-electron chi connectivity index (χ2n) is 7.44. The Morgan fingerprint density at radius 1 is 1.12 bits per heavy atom. The highest BCUT2D eigenvalue weighted by Gasteiger charge is 2.23. The molecule has 0 bridgehead atoms. The van der Waals surface area contributed by atoms with Crippen LogP contribution in [0.2, 0.25) is 0 Å². The van der Waals surface area contributed by atoms with E-state index < -0.39 is 10.0 Å². The predicted octanol–water partition coefficient (Wildman–Crippen LogP) is 4.98. The van der Waals surface area contributed by atoms with Crippen molar-refractivity contribution in [1.82, 2.24) is 0 Å². The Labute approximate surface area is 154 Å². The van der Waals surface area contributed by atoms with Crippen LogP contribution in [0, 0.1) is 19.8 Å². The van der Waals surface area contributed by atoms with E-state index in [0.29, 0.717) is 16.5 Å². The molecule has 1 aliphatic rings. The fourth-order valence-corrected chi connectivity index (χ4v) is 5.10. The van der Waals surface area contributed by atoms with Gasteiger partial charge in [0, 0.05) is 23.1 Å². The van der Waals surface area contributed by atoms with Crippen molar-refractivity contribution in [3.8, 4) is 0 Å². The van der Waals surface area contributed by atoms with Crippen molar-refractivity contribution in [2.45, 2.75) is 44.9 Å². The van der Waals surface area contributed by atoms with Crippen molar-refractivity contribution < 1.29 is 12.8 Å². The fourth-order valence-electron chi connectivity index (χ4n) is 3.72. The zero-order valence-corrected chi connectivity index (χ0v) is 16.1. The van der Waals surface area contributed by atoms with E-state index in [0.717, 1.165) is 47.1 Å². The maximum absolute atomic E-state index is 12.9. The lowest BCUT2D eigenvalue weighted by Crippen LogP contribution is -2.14. The van der Waals surface area contributed by atoms with Gasteiger partial charge in [0.1, 0.15) is 11.3 Å². The van der Waals surface area contributed by atoms with Crippen LogP contribution in [0.1, 0.15) is 35.8 Å². The van der Waals surface area contributed by atoms with Crippen LogP contribution in [0.4, 0.5) is 5.69 Å². The average Bonchev–Trinajstić information content (AvgIpc) is 2.94. The van der Waals surface area contributed by atoms with Gasteiger partial charge in [-0.05, 0) is 68.0 Å². The van der Waals surface area contributed by atoms with E-state index in [1.54, 1.807) is 12.1 Å². The van der Waals surface area contributed by atoms with E-state index >= 15 is 0 Å². The topological polar surface area (TPSA) is 59.3 Å². The van der Waals surface area contributed by atoms with Crippen molar-refractivity contribution in [2.75, 3.05) is 4.72 Å². The number of aryl methyl sites for hydroxylation is 3. The number of anilines is 1. The third kappa shape index (κ3) is 3.01. The van der Waals surface area contributed by atoms with Crippen molar-refractivity contribution in [2.24, 2.45) is 5.92 Å². The van der Waals surface area contributed by atoms with Gasteiger partial charge in [0.25, 0.3) is 10.0 Å². The highest BCUT2D eigenvalue weighted by Crippen LogP contribution is 2.35. The third-order valence-electron chi connectivity index (χ3n) is 5.18. The summed E-state index contributed by atoms with van der Waals surface area (Å²) in [5, 5.41) is 1.02. The zero-order chi connectivity index (χ0) is 18.5. The van der Waals surface area contributed by atoms with Crippen molar-refractivity contribution >= 4 is 26.7 Å². The molecule has 136 valence electrons. The van der Waals surface area contributed by atoms with Gasteiger partial charge < -0.3 is 4.42 Å². The quantitative estimate of drug-likeness (QED) is 0.709. The monoisotopic (exact) mass is 369 g/mol. The summed E-state index contributed by atoms with van der Waals surface area (Å²) in [5.74, 6) is 1.67. The van der Waals surface area contributed by atoms with Crippen LogP contribution < -0.4 is 4.72 Å². The van der Waals surface area contributed by atoms with Gasteiger partial charge in [0.15, 0.2) is 0 Å². The molecular weight excluding hydrogens is 346 g/mol. The maximum Gasteiger partial charge on any atom is 0.262 e. The highest BCUT2D eigenvalue weighted by atomic mass is 32.2. The summed E-state index contributed by atoms with van der Waals surface area (Å²) in [6.45, 7) is 5.95. The number of fused-ring (bicyclic) bond motifs is 3. The van der Waals surface area contributed by atoms with Crippen LogP contribution in [0.3, 0.4) is 0 Å². The molecule has 4 rings (SSSR count). The molecular formula is C21H23NO3S. The van der Waals surface area contributed by atoms with Crippen LogP contribution in [0.15, 0.2) is 45.7 Å². The number of benzene rings is 2. The molecule has 2 aromatic carbocycles. The first-order chi connectivity index (χ1) is 12.3. The summed E-state index contributed by atoms with van der Waals surface area (Å²) < 4.78 is 34.4.